The van der Waals surface area contributed by atoms with E-state index in [9.17, 15) is 0 Å². The Labute approximate surface area is 128 Å². The number of pyridine rings is 1. The van der Waals surface area contributed by atoms with E-state index in [4.69, 9.17) is 0 Å². The largest absolute Gasteiger partial charge is 0.369 e. The fraction of sp³-hybridized carbons (Fsp3) is 0.312. The number of piperazine rings is 1. The number of thiophene rings is 1. The molecule has 108 valence electrons. The van der Waals surface area contributed by atoms with Crippen molar-refractivity contribution in [3.05, 3.63) is 52.7 Å². The van der Waals surface area contributed by atoms with Crippen LogP contribution in [0, 0.1) is 0 Å². The first-order valence-corrected chi connectivity index (χ1v) is 8.22. The summed E-state index contributed by atoms with van der Waals surface area (Å²) in [5.74, 6) is 1.11. The molecule has 0 amide bonds. The molecule has 0 aliphatic carbocycles. The Morgan fingerprint density at radius 1 is 1.24 bits per heavy atom. The Morgan fingerprint density at radius 3 is 2.95 bits per heavy atom. The smallest absolute Gasteiger partial charge is 0.118 e. The Kier molecular flexibility index (Phi) is 3.37. The number of aromatic nitrogens is 2. The van der Waals surface area contributed by atoms with Crippen LogP contribution in [0.25, 0.3) is 5.52 Å². The normalized spacial score (nSPS) is 15.7. The third-order valence-corrected chi connectivity index (χ3v) is 4.86. The summed E-state index contributed by atoms with van der Waals surface area (Å²) in [6, 6.07) is 8.72. The topological polar surface area (TPSA) is 32.6 Å². The minimum atomic E-state index is 0.902. The van der Waals surface area contributed by atoms with Gasteiger partial charge in [0, 0.05) is 49.4 Å². The van der Waals surface area contributed by atoms with Gasteiger partial charge in [0.1, 0.15) is 5.82 Å². The SMILES string of the molecule is c1csc(Cc2ncc3cc(N4CCNCC4)ccn23)c1. The van der Waals surface area contributed by atoms with Gasteiger partial charge >= 0.3 is 0 Å². The number of anilines is 1. The van der Waals surface area contributed by atoms with E-state index in [1.165, 1.54) is 16.1 Å². The van der Waals surface area contributed by atoms with Crippen molar-refractivity contribution in [3.8, 4) is 0 Å². The molecule has 1 N–H and O–H groups in total. The van der Waals surface area contributed by atoms with Crippen molar-refractivity contribution < 1.29 is 0 Å². The maximum atomic E-state index is 4.60. The molecule has 4 heterocycles. The van der Waals surface area contributed by atoms with Gasteiger partial charge in [0.2, 0.25) is 0 Å². The zero-order valence-corrected chi connectivity index (χ0v) is 12.6. The first-order chi connectivity index (χ1) is 10.4. The van der Waals surface area contributed by atoms with Crippen molar-refractivity contribution in [2.45, 2.75) is 6.42 Å². The summed E-state index contributed by atoms with van der Waals surface area (Å²) in [6.07, 6.45) is 5.04. The van der Waals surface area contributed by atoms with Crippen LogP contribution in [0.1, 0.15) is 10.7 Å². The van der Waals surface area contributed by atoms with Crippen LogP contribution in [0.2, 0.25) is 0 Å². The molecule has 0 saturated carbocycles. The number of imidazole rings is 1. The molecule has 3 aromatic heterocycles. The van der Waals surface area contributed by atoms with Crippen molar-refractivity contribution in [2.75, 3.05) is 31.1 Å². The molecule has 0 radical (unpaired) electrons. The molecule has 1 saturated heterocycles. The van der Waals surface area contributed by atoms with Crippen molar-refractivity contribution >= 4 is 22.5 Å². The Hall–Kier alpha value is -1.85. The summed E-state index contributed by atoms with van der Waals surface area (Å²) in [5, 5.41) is 5.51. The molecule has 0 unspecified atom stereocenters. The zero-order chi connectivity index (χ0) is 14.1. The fourth-order valence-electron chi connectivity index (χ4n) is 2.86. The van der Waals surface area contributed by atoms with Gasteiger partial charge in [0.05, 0.1) is 11.7 Å². The lowest BCUT2D eigenvalue weighted by Crippen LogP contribution is -2.43. The van der Waals surface area contributed by atoms with Crippen LogP contribution < -0.4 is 10.2 Å². The van der Waals surface area contributed by atoms with E-state index in [1.54, 1.807) is 11.3 Å². The number of nitrogens with zero attached hydrogens (tertiary/aromatic N) is 3. The lowest BCUT2D eigenvalue weighted by molar-refractivity contribution is 0.589. The highest BCUT2D eigenvalue weighted by molar-refractivity contribution is 7.09. The molecular weight excluding hydrogens is 280 g/mol. The second-order valence-corrected chi connectivity index (χ2v) is 6.38. The van der Waals surface area contributed by atoms with E-state index < -0.39 is 0 Å². The standard InChI is InChI=1S/C16H18N4S/c1-2-15(21-9-1)11-16-18-12-14-10-13(3-6-20(14)16)19-7-4-17-5-8-19/h1-3,6,9-10,12,17H,4-5,7-8,11H2. The maximum absolute atomic E-state index is 4.60. The van der Waals surface area contributed by atoms with E-state index in [-0.39, 0.29) is 0 Å². The number of nitrogens with one attached hydrogen (secondary N) is 1. The summed E-state index contributed by atoms with van der Waals surface area (Å²) < 4.78 is 2.20. The fourth-order valence-corrected chi connectivity index (χ4v) is 3.56. The maximum Gasteiger partial charge on any atom is 0.118 e. The number of hydrogen-bond donors (Lipinski definition) is 1. The van der Waals surface area contributed by atoms with Crippen LogP contribution in [0.4, 0.5) is 5.69 Å². The molecule has 1 aliphatic rings. The Morgan fingerprint density at radius 2 is 2.14 bits per heavy atom. The van der Waals surface area contributed by atoms with Gasteiger partial charge in [-0.05, 0) is 23.6 Å². The summed E-state index contributed by atoms with van der Waals surface area (Å²) >= 11 is 1.79. The second-order valence-electron chi connectivity index (χ2n) is 5.35. The van der Waals surface area contributed by atoms with Gasteiger partial charge in [0.15, 0.2) is 0 Å². The van der Waals surface area contributed by atoms with Gasteiger partial charge < -0.3 is 14.6 Å². The summed E-state index contributed by atoms with van der Waals surface area (Å²) in [6.45, 7) is 4.28. The van der Waals surface area contributed by atoms with Crippen LogP contribution in [-0.4, -0.2) is 35.6 Å². The van der Waals surface area contributed by atoms with Crippen LogP contribution in [0.3, 0.4) is 0 Å². The quantitative estimate of drug-likeness (QED) is 0.806. The van der Waals surface area contributed by atoms with Gasteiger partial charge in [-0.3, -0.25) is 0 Å². The predicted molar refractivity (Wildman–Crippen MR) is 87.4 cm³/mol. The predicted octanol–water partition coefficient (Wildman–Crippen LogP) is 2.40. The number of rotatable bonds is 3. The van der Waals surface area contributed by atoms with Gasteiger partial charge in [-0.1, -0.05) is 6.07 Å². The lowest BCUT2D eigenvalue weighted by atomic mass is 10.2. The molecule has 5 heteroatoms. The molecule has 1 aliphatic heterocycles. The summed E-state index contributed by atoms with van der Waals surface area (Å²) in [4.78, 5) is 8.38. The monoisotopic (exact) mass is 298 g/mol. The molecule has 0 atom stereocenters. The van der Waals surface area contributed by atoms with Gasteiger partial charge in [-0.15, -0.1) is 11.3 Å². The van der Waals surface area contributed by atoms with E-state index in [1.807, 2.05) is 6.20 Å². The van der Waals surface area contributed by atoms with E-state index in [2.05, 4.69) is 55.4 Å². The molecule has 0 spiro atoms. The number of fused-ring (bicyclic) bond motifs is 1. The van der Waals surface area contributed by atoms with Crippen LogP contribution >= 0.6 is 11.3 Å². The van der Waals surface area contributed by atoms with Gasteiger partial charge in [-0.25, -0.2) is 4.98 Å². The van der Waals surface area contributed by atoms with Crippen LogP contribution in [-0.2, 0) is 6.42 Å². The molecule has 4 rings (SSSR count). The average Bonchev–Trinajstić information content (AvgIpc) is 3.18. The van der Waals surface area contributed by atoms with Crippen LogP contribution in [0.15, 0.2) is 42.0 Å². The Balaban J connectivity index is 1.63. The zero-order valence-electron chi connectivity index (χ0n) is 11.8. The first kappa shape index (κ1) is 12.9. The average molecular weight is 298 g/mol. The number of hydrogen-bond acceptors (Lipinski definition) is 4. The lowest BCUT2D eigenvalue weighted by Gasteiger charge is -2.29. The Bertz CT molecular complexity index is 726. The molecule has 1 fully saturated rings. The third-order valence-electron chi connectivity index (χ3n) is 3.99. The molecule has 0 aromatic carbocycles. The van der Waals surface area contributed by atoms with E-state index >= 15 is 0 Å². The minimum Gasteiger partial charge on any atom is -0.369 e. The molecule has 0 bridgehead atoms. The van der Waals surface area contributed by atoms with Crippen LogP contribution in [0.5, 0.6) is 0 Å². The van der Waals surface area contributed by atoms with E-state index in [0.717, 1.165) is 38.4 Å². The highest BCUT2D eigenvalue weighted by Crippen LogP contribution is 2.20. The molecule has 21 heavy (non-hydrogen) atoms. The third kappa shape index (κ3) is 2.54. The van der Waals surface area contributed by atoms with Crippen molar-refractivity contribution in [1.29, 1.82) is 0 Å². The van der Waals surface area contributed by atoms with Crippen molar-refractivity contribution in [3.63, 3.8) is 0 Å². The van der Waals surface area contributed by atoms with Gasteiger partial charge in [-0.2, -0.15) is 0 Å². The van der Waals surface area contributed by atoms with Crippen molar-refractivity contribution in [2.24, 2.45) is 0 Å². The second kappa shape index (κ2) is 5.50. The summed E-state index contributed by atoms with van der Waals surface area (Å²) in [7, 11) is 0. The molecule has 4 nitrogen and oxygen atoms in total. The van der Waals surface area contributed by atoms with Crippen molar-refractivity contribution in [1.82, 2.24) is 14.7 Å². The first-order valence-electron chi connectivity index (χ1n) is 7.34. The van der Waals surface area contributed by atoms with Gasteiger partial charge in [0.25, 0.3) is 0 Å². The summed E-state index contributed by atoms with van der Waals surface area (Å²) in [5.41, 5.74) is 2.48. The molecule has 3 aromatic rings. The molecular formula is C16H18N4S. The van der Waals surface area contributed by atoms with E-state index in [0.29, 0.717) is 0 Å². The highest BCUT2D eigenvalue weighted by Gasteiger charge is 2.12. The minimum absolute atomic E-state index is 0.902. The highest BCUT2D eigenvalue weighted by atomic mass is 32.1.